The topological polar surface area (TPSA) is 85.8 Å². The number of carbonyl (C=O) groups is 1. The van der Waals surface area contributed by atoms with Crippen molar-refractivity contribution in [3.05, 3.63) is 46.7 Å². The second-order valence-electron chi connectivity index (χ2n) is 4.02. The van der Waals surface area contributed by atoms with Crippen molar-refractivity contribution in [1.82, 2.24) is 20.3 Å². The van der Waals surface area contributed by atoms with Gasteiger partial charge in [0.15, 0.2) is 0 Å². The summed E-state index contributed by atoms with van der Waals surface area (Å²) in [6.07, 6.45) is 1.78. The second kappa shape index (κ2) is 6.31. The molecule has 0 radical (unpaired) electrons. The van der Waals surface area contributed by atoms with Gasteiger partial charge in [-0.25, -0.2) is 4.68 Å². The molecule has 3 N–H and O–H groups in total. The molecule has 2 rings (SSSR count). The molecule has 0 fully saturated rings. The average Bonchev–Trinajstić information content (AvgIpc) is 2.83. The van der Waals surface area contributed by atoms with E-state index in [4.69, 9.17) is 17.3 Å². The van der Waals surface area contributed by atoms with Gasteiger partial charge in [-0.05, 0) is 17.7 Å². The standard InChI is InChI=1S/C12H14ClN5O/c13-10-3-1-2-9(4-10)7-18-8-11(16-17-18)6-15-12(19)5-14/h1-4,8H,5-7,14H2,(H,15,19). The first-order valence-corrected chi connectivity index (χ1v) is 6.15. The molecule has 0 bridgehead atoms. The van der Waals surface area contributed by atoms with Gasteiger partial charge in [0.05, 0.1) is 25.8 Å². The molecule has 0 unspecified atom stereocenters. The first-order chi connectivity index (χ1) is 9.17. The van der Waals surface area contributed by atoms with Crippen LogP contribution in [0.4, 0.5) is 0 Å². The number of rotatable bonds is 5. The summed E-state index contributed by atoms with van der Waals surface area (Å²) in [5, 5.41) is 11.3. The molecule has 0 aliphatic rings. The highest BCUT2D eigenvalue weighted by Crippen LogP contribution is 2.11. The third kappa shape index (κ3) is 4.04. The van der Waals surface area contributed by atoms with Crippen LogP contribution in [-0.2, 0) is 17.9 Å². The minimum Gasteiger partial charge on any atom is -0.349 e. The maximum absolute atomic E-state index is 11.0. The molecule has 2 aromatic rings. The summed E-state index contributed by atoms with van der Waals surface area (Å²) in [7, 11) is 0. The molecule has 1 heterocycles. The quantitative estimate of drug-likeness (QED) is 0.837. The first kappa shape index (κ1) is 13.5. The van der Waals surface area contributed by atoms with E-state index in [1.54, 1.807) is 10.9 Å². The molecule has 0 atom stereocenters. The lowest BCUT2D eigenvalue weighted by atomic mass is 10.2. The maximum Gasteiger partial charge on any atom is 0.234 e. The summed E-state index contributed by atoms with van der Waals surface area (Å²) >= 11 is 5.91. The van der Waals surface area contributed by atoms with E-state index in [1.807, 2.05) is 24.3 Å². The fraction of sp³-hybridized carbons (Fsp3) is 0.250. The highest BCUT2D eigenvalue weighted by molar-refractivity contribution is 6.30. The van der Waals surface area contributed by atoms with Crippen LogP contribution in [0.2, 0.25) is 5.02 Å². The molecule has 1 aromatic heterocycles. The summed E-state index contributed by atoms with van der Waals surface area (Å²) in [6, 6.07) is 7.54. The maximum atomic E-state index is 11.0. The molecule has 6 nitrogen and oxygen atoms in total. The normalized spacial score (nSPS) is 10.4. The van der Waals surface area contributed by atoms with Crippen molar-refractivity contribution in [2.24, 2.45) is 5.73 Å². The number of aromatic nitrogens is 3. The van der Waals surface area contributed by atoms with E-state index >= 15 is 0 Å². The first-order valence-electron chi connectivity index (χ1n) is 5.77. The van der Waals surface area contributed by atoms with Crippen LogP contribution in [0.5, 0.6) is 0 Å². The Hall–Kier alpha value is -1.92. The Morgan fingerprint density at radius 1 is 1.47 bits per heavy atom. The molecule has 100 valence electrons. The summed E-state index contributed by atoms with van der Waals surface area (Å²) in [4.78, 5) is 11.0. The van der Waals surface area contributed by atoms with Crippen LogP contribution in [0.15, 0.2) is 30.5 Å². The molecule has 0 saturated heterocycles. The van der Waals surface area contributed by atoms with Crippen molar-refractivity contribution in [2.45, 2.75) is 13.1 Å². The predicted molar refractivity (Wildman–Crippen MR) is 71.5 cm³/mol. The van der Waals surface area contributed by atoms with Gasteiger partial charge < -0.3 is 11.1 Å². The number of benzene rings is 1. The number of nitrogens with one attached hydrogen (secondary N) is 1. The van der Waals surface area contributed by atoms with Crippen LogP contribution < -0.4 is 11.1 Å². The van der Waals surface area contributed by atoms with E-state index in [9.17, 15) is 4.79 Å². The number of halogens is 1. The van der Waals surface area contributed by atoms with Gasteiger partial charge in [0.25, 0.3) is 0 Å². The molecule has 0 aliphatic carbocycles. The van der Waals surface area contributed by atoms with E-state index in [-0.39, 0.29) is 12.5 Å². The number of carbonyl (C=O) groups excluding carboxylic acids is 1. The highest BCUT2D eigenvalue weighted by atomic mass is 35.5. The molecule has 0 spiro atoms. The monoisotopic (exact) mass is 279 g/mol. The Kier molecular flexibility index (Phi) is 4.48. The molecular formula is C12H14ClN5O. The van der Waals surface area contributed by atoms with Gasteiger partial charge in [-0.1, -0.05) is 28.9 Å². The number of amides is 1. The fourth-order valence-electron chi connectivity index (χ4n) is 1.58. The third-order valence-corrected chi connectivity index (χ3v) is 2.71. The zero-order valence-electron chi connectivity index (χ0n) is 10.2. The van der Waals surface area contributed by atoms with Crippen LogP contribution in [0.1, 0.15) is 11.3 Å². The molecular weight excluding hydrogens is 266 g/mol. The number of hydrogen-bond donors (Lipinski definition) is 2. The smallest absolute Gasteiger partial charge is 0.234 e. The van der Waals surface area contributed by atoms with E-state index < -0.39 is 0 Å². The Morgan fingerprint density at radius 2 is 2.32 bits per heavy atom. The van der Waals surface area contributed by atoms with Crippen molar-refractivity contribution < 1.29 is 4.79 Å². The van der Waals surface area contributed by atoms with Gasteiger partial charge in [-0.15, -0.1) is 5.10 Å². The Bertz CT molecular complexity index is 569. The SMILES string of the molecule is NCC(=O)NCc1cn(Cc2cccc(Cl)c2)nn1. The van der Waals surface area contributed by atoms with E-state index in [0.717, 1.165) is 5.56 Å². The Balaban J connectivity index is 1.95. The van der Waals surface area contributed by atoms with Gasteiger partial charge in [-0.2, -0.15) is 0 Å². The summed E-state index contributed by atoms with van der Waals surface area (Å²) in [6.45, 7) is 0.876. The Morgan fingerprint density at radius 3 is 3.05 bits per heavy atom. The van der Waals surface area contributed by atoms with Crippen LogP contribution in [0, 0.1) is 0 Å². The summed E-state index contributed by atoms with van der Waals surface area (Å²) in [5.74, 6) is -0.218. The van der Waals surface area contributed by atoms with Crippen molar-refractivity contribution in [3.63, 3.8) is 0 Å². The zero-order chi connectivity index (χ0) is 13.7. The number of nitrogens with zero attached hydrogens (tertiary/aromatic N) is 3. The Labute approximate surface area is 115 Å². The van der Waals surface area contributed by atoms with Crippen molar-refractivity contribution in [3.8, 4) is 0 Å². The highest BCUT2D eigenvalue weighted by Gasteiger charge is 2.03. The van der Waals surface area contributed by atoms with Crippen molar-refractivity contribution >= 4 is 17.5 Å². The van der Waals surface area contributed by atoms with Gasteiger partial charge >= 0.3 is 0 Å². The zero-order valence-corrected chi connectivity index (χ0v) is 11.0. The molecule has 0 saturated carbocycles. The average molecular weight is 280 g/mol. The lowest BCUT2D eigenvalue weighted by Crippen LogP contribution is -2.29. The molecule has 7 heteroatoms. The van der Waals surface area contributed by atoms with Gasteiger partial charge in [0.2, 0.25) is 5.91 Å². The molecule has 0 aliphatic heterocycles. The summed E-state index contributed by atoms with van der Waals surface area (Å²) < 4.78 is 1.69. The second-order valence-corrected chi connectivity index (χ2v) is 4.45. The lowest BCUT2D eigenvalue weighted by molar-refractivity contribution is -0.119. The molecule has 19 heavy (non-hydrogen) atoms. The van der Waals surface area contributed by atoms with E-state index in [2.05, 4.69) is 15.6 Å². The van der Waals surface area contributed by atoms with E-state index in [1.165, 1.54) is 0 Å². The van der Waals surface area contributed by atoms with Gasteiger partial charge in [0, 0.05) is 5.02 Å². The molecule has 1 aromatic carbocycles. The van der Waals surface area contributed by atoms with Crippen LogP contribution in [-0.4, -0.2) is 27.4 Å². The lowest BCUT2D eigenvalue weighted by Gasteiger charge is -2.01. The predicted octanol–water partition coefficient (Wildman–Crippen LogP) is 0.555. The van der Waals surface area contributed by atoms with Crippen molar-refractivity contribution in [1.29, 1.82) is 0 Å². The minimum absolute atomic E-state index is 0.0311. The number of hydrogen-bond acceptors (Lipinski definition) is 4. The minimum atomic E-state index is -0.218. The van der Waals surface area contributed by atoms with Crippen LogP contribution in [0.25, 0.3) is 0 Å². The van der Waals surface area contributed by atoms with Crippen LogP contribution in [0.3, 0.4) is 0 Å². The fourth-order valence-corrected chi connectivity index (χ4v) is 1.79. The molecule has 1 amide bonds. The number of nitrogens with two attached hydrogens (primary N) is 1. The van der Waals surface area contributed by atoms with E-state index in [0.29, 0.717) is 23.8 Å². The van der Waals surface area contributed by atoms with Crippen LogP contribution >= 0.6 is 11.6 Å². The van der Waals surface area contributed by atoms with Gasteiger partial charge in [0.1, 0.15) is 5.69 Å². The summed E-state index contributed by atoms with van der Waals surface area (Å²) in [5.41, 5.74) is 6.91. The van der Waals surface area contributed by atoms with Gasteiger partial charge in [-0.3, -0.25) is 4.79 Å². The third-order valence-electron chi connectivity index (χ3n) is 2.47. The largest absolute Gasteiger partial charge is 0.349 e. The van der Waals surface area contributed by atoms with Crippen molar-refractivity contribution in [2.75, 3.05) is 6.54 Å².